The van der Waals surface area contributed by atoms with Crippen molar-refractivity contribution in [3.05, 3.63) is 66.1 Å². The summed E-state index contributed by atoms with van der Waals surface area (Å²) in [6.45, 7) is 11.7. The molecule has 0 atom stereocenters. The van der Waals surface area contributed by atoms with E-state index in [1.54, 1.807) is 31.0 Å². The number of hydrogen-bond donors (Lipinski definition) is 3. The van der Waals surface area contributed by atoms with Crippen molar-refractivity contribution in [2.75, 3.05) is 17.7 Å². The molecule has 5 rings (SSSR count). The highest BCUT2D eigenvalue weighted by molar-refractivity contribution is 5.84. The van der Waals surface area contributed by atoms with Gasteiger partial charge in [0.25, 0.3) is 0 Å². The van der Waals surface area contributed by atoms with Crippen molar-refractivity contribution < 1.29 is 14.6 Å². The van der Waals surface area contributed by atoms with Gasteiger partial charge in [0.05, 0.1) is 11.2 Å². The Morgan fingerprint density at radius 1 is 1.10 bits per heavy atom. The molecule has 3 heterocycles. The summed E-state index contributed by atoms with van der Waals surface area (Å²) < 4.78 is 7.81. The molecule has 3 aromatic heterocycles. The van der Waals surface area contributed by atoms with E-state index in [1.165, 1.54) is 0 Å². The summed E-state index contributed by atoms with van der Waals surface area (Å²) >= 11 is 0. The van der Waals surface area contributed by atoms with E-state index in [4.69, 9.17) is 4.74 Å². The molecule has 0 radical (unpaired) electrons. The fourth-order valence-corrected chi connectivity index (χ4v) is 4.73. The van der Waals surface area contributed by atoms with Crippen LogP contribution in [0.25, 0.3) is 10.9 Å². The van der Waals surface area contributed by atoms with Crippen LogP contribution < -0.4 is 10.6 Å². The molecule has 0 aliphatic heterocycles. The number of aliphatic hydroxyl groups is 1. The number of benzene rings is 1. The summed E-state index contributed by atoms with van der Waals surface area (Å²) in [5.41, 5.74) is 1.58. The van der Waals surface area contributed by atoms with E-state index < -0.39 is 11.2 Å². The minimum absolute atomic E-state index is 0.231. The molecule has 10 heteroatoms. The highest BCUT2D eigenvalue weighted by Crippen LogP contribution is 2.44. The van der Waals surface area contributed by atoms with Crippen LogP contribution in [-0.4, -0.2) is 53.8 Å². The Morgan fingerprint density at radius 2 is 1.85 bits per heavy atom. The Balaban J connectivity index is 1.30. The molecule has 1 fully saturated rings. The Morgan fingerprint density at radius 3 is 2.54 bits per heavy atom. The Kier molecular flexibility index (Phi) is 7.15. The second-order valence-electron chi connectivity index (χ2n) is 12.4. The first kappa shape index (κ1) is 28.4. The summed E-state index contributed by atoms with van der Waals surface area (Å²) in [5, 5.41) is 17.9. The van der Waals surface area contributed by atoms with E-state index in [0.717, 1.165) is 35.0 Å². The smallest absolute Gasteiger partial charge is 0.410 e. The fraction of sp³-hybridized carbons (Fsp3) is 0.419. The maximum absolute atomic E-state index is 12.7. The standard InChI is InChI=1S/C31H39N7O3/c1-20-18-32-27(36-26(20)35-25-10-8-9-24(34-25)30(5,6)40)33-22-11-12-23-21(17-22)13-16-38(23)19-31(14-15-31)37(7)28(39)41-29(2,3)4/h8-13,16-18,40H,14-15,19H2,1-7H3,(H2,32,33,34,35,36). The Labute approximate surface area is 240 Å². The van der Waals surface area contributed by atoms with Crippen molar-refractivity contribution >= 4 is 40.3 Å². The number of carbonyl (C=O) groups is 1. The summed E-state index contributed by atoms with van der Waals surface area (Å²) in [5.74, 6) is 1.66. The van der Waals surface area contributed by atoms with Crippen LogP contribution in [0, 0.1) is 6.92 Å². The van der Waals surface area contributed by atoms with Gasteiger partial charge in [-0.1, -0.05) is 6.07 Å². The maximum atomic E-state index is 12.7. The zero-order valence-corrected chi connectivity index (χ0v) is 24.8. The van der Waals surface area contributed by atoms with Crippen LogP contribution >= 0.6 is 0 Å². The van der Waals surface area contributed by atoms with Crippen molar-refractivity contribution in [3.8, 4) is 0 Å². The summed E-state index contributed by atoms with van der Waals surface area (Å²) in [6.07, 6.45) is 5.42. The van der Waals surface area contributed by atoms with Crippen molar-refractivity contribution in [2.45, 2.75) is 77.7 Å². The van der Waals surface area contributed by atoms with E-state index in [9.17, 15) is 9.90 Å². The molecule has 1 aliphatic rings. The van der Waals surface area contributed by atoms with Crippen LogP contribution in [0.1, 0.15) is 58.7 Å². The average molecular weight is 558 g/mol. The second kappa shape index (κ2) is 10.3. The molecule has 0 bridgehead atoms. The molecule has 0 spiro atoms. The van der Waals surface area contributed by atoms with Gasteiger partial charge in [0.15, 0.2) is 0 Å². The van der Waals surface area contributed by atoms with E-state index in [0.29, 0.717) is 29.8 Å². The van der Waals surface area contributed by atoms with Crippen molar-refractivity contribution in [1.29, 1.82) is 0 Å². The van der Waals surface area contributed by atoms with Crippen LogP contribution in [0.5, 0.6) is 0 Å². The van der Waals surface area contributed by atoms with Crippen LogP contribution in [0.4, 0.5) is 28.1 Å². The normalized spacial score (nSPS) is 14.5. The molecule has 0 unspecified atom stereocenters. The monoisotopic (exact) mass is 557 g/mol. The van der Waals surface area contributed by atoms with Crippen LogP contribution in [0.3, 0.4) is 0 Å². The first-order chi connectivity index (χ1) is 19.2. The van der Waals surface area contributed by atoms with Gasteiger partial charge in [-0.25, -0.2) is 14.8 Å². The lowest BCUT2D eigenvalue weighted by Crippen LogP contribution is -2.44. The number of amides is 1. The molecule has 4 aromatic rings. The average Bonchev–Trinajstić information content (AvgIpc) is 3.57. The number of anilines is 4. The van der Waals surface area contributed by atoms with Gasteiger partial charge in [0.1, 0.15) is 22.8 Å². The van der Waals surface area contributed by atoms with Gasteiger partial charge in [-0.3, -0.25) is 0 Å². The lowest BCUT2D eigenvalue weighted by atomic mass is 10.1. The van der Waals surface area contributed by atoms with Crippen LogP contribution in [0.2, 0.25) is 0 Å². The molecule has 3 N–H and O–H groups in total. The van der Waals surface area contributed by atoms with Gasteiger partial charge in [-0.15, -0.1) is 0 Å². The lowest BCUT2D eigenvalue weighted by Gasteiger charge is -2.31. The number of aromatic nitrogens is 4. The lowest BCUT2D eigenvalue weighted by molar-refractivity contribution is 0.0178. The third kappa shape index (κ3) is 6.43. The molecule has 1 aliphatic carbocycles. The Hall–Kier alpha value is -4.18. The number of likely N-dealkylation sites (N-methyl/N-ethyl adjacent to an activating group) is 1. The van der Waals surface area contributed by atoms with E-state index >= 15 is 0 Å². The predicted molar refractivity (Wildman–Crippen MR) is 161 cm³/mol. The largest absolute Gasteiger partial charge is 0.444 e. The molecular formula is C31H39N7O3. The maximum Gasteiger partial charge on any atom is 0.410 e. The number of pyridine rings is 1. The van der Waals surface area contributed by atoms with Gasteiger partial charge in [-0.2, -0.15) is 4.98 Å². The first-order valence-corrected chi connectivity index (χ1v) is 13.9. The molecule has 1 aromatic carbocycles. The van der Waals surface area contributed by atoms with E-state index in [2.05, 4.69) is 54.5 Å². The molecule has 10 nitrogen and oxygen atoms in total. The zero-order chi connectivity index (χ0) is 29.6. The molecule has 1 amide bonds. The number of nitrogens with one attached hydrogen (secondary N) is 2. The Bertz CT molecular complexity index is 1580. The first-order valence-electron chi connectivity index (χ1n) is 13.9. The predicted octanol–water partition coefficient (Wildman–Crippen LogP) is 6.25. The summed E-state index contributed by atoms with van der Waals surface area (Å²) in [6, 6.07) is 13.7. The second-order valence-corrected chi connectivity index (χ2v) is 12.4. The number of aryl methyl sites for hydroxylation is 1. The van der Waals surface area contributed by atoms with Crippen molar-refractivity contribution in [1.82, 2.24) is 24.4 Å². The van der Waals surface area contributed by atoms with E-state index in [-0.39, 0.29) is 11.6 Å². The van der Waals surface area contributed by atoms with Gasteiger partial charge < -0.3 is 29.9 Å². The topological polar surface area (TPSA) is 117 Å². The fourth-order valence-electron chi connectivity index (χ4n) is 4.73. The molecular weight excluding hydrogens is 518 g/mol. The van der Waals surface area contributed by atoms with Gasteiger partial charge >= 0.3 is 6.09 Å². The van der Waals surface area contributed by atoms with Crippen LogP contribution in [0.15, 0.2) is 54.9 Å². The minimum atomic E-state index is -1.05. The number of fused-ring (bicyclic) bond motifs is 1. The van der Waals surface area contributed by atoms with Gasteiger partial charge in [0.2, 0.25) is 5.95 Å². The molecule has 216 valence electrons. The van der Waals surface area contributed by atoms with Gasteiger partial charge in [0, 0.05) is 48.1 Å². The number of rotatable bonds is 8. The molecule has 0 saturated heterocycles. The SMILES string of the molecule is Cc1cnc(Nc2ccc3c(ccn3CC3(N(C)C(=O)OC(C)(C)C)CC3)c2)nc1Nc1cccc(C(C)(C)O)n1. The van der Waals surface area contributed by atoms with E-state index in [1.807, 2.05) is 52.9 Å². The van der Waals surface area contributed by atoms with Crippen molar-refractivity contribution in [3.63, 3.8) is 0 Å². The van der Waals surface area contributed by atoms with Gasteiger partial charge in [-0.05, 0) is 90.8 Å². The minimum Gasteiger partial charge on any atom is -0.444 e. The number of ether oxygens (including phenoxy) is 1. The summed E-state index contributed by atoms with van der Waals surface area (Å²) in [7, 11) is 1.83. The quantitative estimate of drug-likeness (QED) is 0.233. The van der Waals surface area contributed by atoms with Crippen LogP contribution in [-0.2, 0) is 16.9 Å². The zero-order valence-electron chi connectivity index (χ0n) is 24.8. The third-order valence-electron chi connectivity index (χ3n) is 7.29. The molecule has 41 heavy (non-hydrogen) atoms. The number of nitrogens with zero attached hydrogens (tertiary/aromatic N) is 5. The highest BCUT2D eigenvalue weighted by atomic mass is 16.6. The van der Waals surface area contributed by atoms with Crippen molar-refractivity contribution in [2.24, 2.45) is 0 Å². The highest BCUT2D eigenvalue weighted by Gasteiger charge is 2.50. The third-order valence-corrected chi connectivity index (χ3v) is 7.29. The summed E-state index contributed by atoms with van der Waals surface area (Å²) in [4.78, 5) is 28.1. The number of hydrogen-bond acceptors (Lipinski definition) is 8. The molecule has 1 saturated carbocycles. The number of carbonyl (C=O) groups excluding carboxylic acids is 1.